The Morgan fingerprint density at radius 1 is 0.537 bits per heavy atom. The number of allylic oxidation sites excluding steroid dienone is 2. The fraction of sp³-hybridized carbons (Fsp3) is 0.875. The van der Waals surface area contributed by atoms with E-state index in [-0.39, 0.29) is 23.8 Å². The van der Waals surface area contributed by atoms with E-state index in [0.717, 1.165) is 89.9 Å². The molecular weight excluding hydrogens is 673 g/mol. The van der Waals surface area contributed by atoms with E-state index in [2.05, 4.69) is 52.0 Å². The molecule has 0 aliphatic heterocycles. The van der Waals surface area contributed by atoms with Crippen LogP contribution in [0, 0.1) is 0 Å². The zero-order valence-corrected chi connectivity index (χ0v) is 37.0. The highest BCUT2D eigenvalue weighted by Gasteiger charge is 2.29. The van der Waals surface area contributed by atoms with E-state index in [1.165, 1.54) is 64.2 Å². The van der Waals surface area contributed by atoms with E-state index in [1.54, 1.807) is 0 Å². The van der Waals surface area contributed by atoms with Crippen LogP contribution in [0.1, 0.15) is 229 Å². The number of Topliss-reactive ketones (excluding diaryl/α,β-unsaturated/α-hetero) is 2. The first kappa shape index (κ1) is 52.7. The second-order valence-electron chi connectivity index (χ2n) is 17.1. The second-order valence-corrected chi connectivity index (χ2v) is 17.1. The summed E-state index contributed by atoms with van der Waals surface area (Å²) in [5, 5.41) is 10.1. The van der Waals surface area contributed by atoms with Gasteiger partial charge in [0.15, 0.2) is 11.6 Å². The number of unbranched alkanes of at least 4 members (excludes halogenated alkanes) is 16. The number of aliphatic hydroxyl groups is 1. The van der Waals surface area contributed by atoms with Crippen LogP contribution >= 0.6 is 0 Å². The Kier molecular flexibility index (Phi) is 34.0. The average molecular weight is 763 g/mol. The van der Waals surface area contributed by atoms with Crippen LogP contribution in [0.15, 0.2) is 24.3 Å². The molecule has 0 saturated heterocycles. The van der Waals surface area contributed by atoms with Gasteiger partial charge in [0.1, 0.15) is 11.2 Å². The van der Waals surface area contributed by atoms with Gasteiger partial charge in [0.05, 0.1) is 31.5 Å². The molecule has 0 aliphatic carbocycles. The third-order valence-electron chi connectivity index (χ3n) is 10.5. The highest BCUT2D eigenvalue weighted by molar-refractivity contribution is 5.86. The van der Waals surface area contributed by atoms with Crippen molar-refractivity contribution in [3.8, 4) is 0 Å². The lowest BCUT2D eigenvalue weighted by molar-refractivity contribution is -0.144. The number of carbonyl (C=O) groups is 2. The van der Waals surface area contributed by atoms with E-state index in [0.29, 0.717) is 38.6 Å². The number of rotatable bonds is 40. The van der Waals surface area contributed by atoms with E-state index in [4.69, 9.17) is 14.2 Å². The average Bonchev–Trinajstić information content (AvgIpc) is 3.12. The Morgan fingerprint density at radius 3 is 1.44 bits per heavy atom. The van der Waals surface area contributed by atoms with Gasteiger partial charge in [0.25, 0.3) is 0 Å². The fourth-order valence-electron chi connectivity index (χ4n) is 6.72. The Balaban J connectivity index is 3.94. The maximum absolute atomic E-state index is 12.9. The fourth-order valence-corrected chi connectivity index (χ4v) is 6.72. The van der Waals surface area contributed by atoms with Crippen LogP contribution in [0.3, 0.4) is 0 Å². The summed E-state index contributed by atoms with van der Waals surface area (Å²) in [6.45, 7) is 17.1. The van der Waals surface area contributed by atoms with E-state index in [1.807, 2.05) is 27.7 Å². The molecule has 318 valence electrons. The van der Waals surface area contributed by atoms with Crippen molar-refractivity contribution in [2.24, 2.45) is 0 Å². The summed E-state index contributed by atoms with van der Waals surface area (Å²) in [7, 11) is 0. The lowest BCUT2D eigenvalue weighted by Crippen LogP contribution is -2.37. The van der Waals surface area contributed by atoms with Gasteiger partial charge in [0.2, 0.25) is 0 Å². The summed E-state index contributed by atoms with van der Waals surface area (Å²) in [5.74, 6) is 0.315. The van der Waals surface area contributed by atoms with Crippen molar-refractivity contribution in [1.29, 1.82) is 0 Å². The van der Waals surface area contributed by atoms with Crippen LogP contribution in [0.2, 0.25) is 0 Å². The topological polar surface area (TPSA) is 82.1 Å². The van der Waals surface area contributed by atoms with E-state index in [9.17, 15) is 14.7 Å². The van der Waals surface area contributed by atoms with Crippen LogP contribution < -0.4 is 0 Å². The first-order valence-corrected chi connectivity index (χ1v) is 22.8. The smallest absolute Gasteiger partial charge is 0.164 e. The standard InChI is InChI=1S/C48H90O6/c1-9-11-13-27-34-43(49)35-28-23-19-15-17-21-25-31-38-45(50)47(5,6)52-40-33-41-53-48(7,8)46(51)39-32-26-22-18-16-20-24-30-37-44(54-42(3)4)36-29-14-12-10-2/h23-24,28,30,42-44,49H,9-22,25-27,29,31-41H2,1-8H3/b28-23-,30-24-. The van der Waals surface area contributed by atoms with Gasteiger partial charge in [-0.2, -0.15) is 0 Å². The van der Waals surface area contributed by atoms with Crippen LogP contribution in [0.4, 0.5) is 0 Å². The molecule has 2 atom stereocenters. The van der Waals surface area contributed by atoms with Crippen LogP contribution in [-0.4, -0.2) is 59.4 Å². The van der Waals surface area contributed by atoms with E-state index >= 15 is 0 Å². The number of ketones is 2. The molecule has 0 heterocycles. The molecule has 54 heavy (non-hydrogen) atoms. The van der Waals surface area contributed by atoms with Gasteiger partial charge in [-0.3, -0.25) is 9.59 Å². The molecule has 0 bridgehead atoms. The molecule has 0 aromatic heterocycles. The number of hydrogen-bond acceptors (Lipinski definition) is 6. The summed E-state index contributed by atoms with van der Waals surface area (Å²) in [4.78, 5) is 25.7. The lowest BCUT2D eigenvalue weighted by atomic mass is 9.97. The Bertz CT molecular complexity index is 935. The number of aliphatic hydroxyl groups excluding tert-OH is 1. The Labute approximate surface area is 335 Å². The summed E-state index contributed by atoms with van der Waals surface area (Å²) >= 11 is 0. The molecule has 0 aromatic carbocycles. The molecule has 0 amide bonds. The van der Waals surface area contributed by atoms with Crippen molar-refractivity contribution in [1.82, 2.24) is 0 Å². The quantitative estimate of drug-likeness (QED) is 0.0494. The van der Waals surface area contributed by atoms with Gasteiger partial charge in [-0.1, -0.05) is 128 Å². The molecule has 0 aromatic rings. The number of hydrogen-bond donors (Lipinski definition) is 1. The maximum atomic E-state index is 12.9. The van der Waals surface area contributed by atoms with Crippen LogP contribution in [0.5, 0.6) is 0 Å². The van der Waals surface area contributed by atoms with Crippen molar-refractivity contribution < 1.29 is 28.9 Å². The summed E-state index contributed by atoms with van der Waals surface area (Å²) in [5.41, 5.74) is -1.60. The molecule has 0 radical (unpaired) electrons. The first-order valence-electron chi connectivity index (χ1n) is 22.8. The maximum Gasteiger partial charge on any atom is 0.164 e. The molecule has 1 N–H and O–H groups in total. The summed E-state index contributed by atoms with van der Waals surface area (Å²) < 4.78 is 18.1. The molecule has 2 unspecified atom stereocenters. The predicted molar refractivity (Wildman–Crippen MR) is 230 cm³/mol. The van der Waals surface area contributed by atoms with Crippen LogP contribution in [0.25, 0.3) is 0 Å². The van der Waals surface area contributed by atoms with Crippen molar-refractivity contribution in [2.45, 2.75) is 258 Å². The molecule has 0 aliphatic rings. The van der Waals surface area contributed by atoms with Crippen LogP contribution in [-0.2, 0) is 23.8 Å². The highest BCUT2D eigenvalue weighted by Crippen LogP contribution is 2.20. The molecular formula is C48H90O6. The molecule has 6 heteroatoms. The monoisotopic (exact) mass is 763 g/mol. The minimum Gasteiger partial charge on any atom is -0.393 e. The van der Waals surface area contributed by atoms with Crippen molar-refractivity contribution in [2.75, 3.05) is 13.2 Å². The first-order chi connectivity index (χ1) is 25.9. The zero-order chi connectivity index (χ0) is 40.3. The molecule has 0 spiro atoms. The molecule has 6 nitrogen and oxygen atoms in total. The third kappa shape index (κ3) is 31.8. The van der Waals surface area contributed by atoms with Gasteiger partial charge in [-0.25, -0.2) is 0 Å². The Morgan fingerprint density at radius 2 is 0.963 bits per heavy atom. The largest absolute Gasteiger partial charge is 0.393 e. The normalized spacial score (nSPS) is 13.8. The Hall–Kier alpha value is -1.34. The van der Waals surface area contributed by atoms with E-state index < -0.39 is 11.2 Å². The lowest BCUT2D eigenvalue weighted by Gasteiger charge is -2.26. The van der Waals surface area contributed by atoms with Crippen molar-refractivity contribution in [3.05, 3.63) is 24.3 Å². The second kappa shape index (κ2) is 34.9. The third-order valence-corrected chi connectivity index (χ3v) is 10.5. The van der Waals surface area contributed by atoms with Crippen molar-refractivity contribution >= 4 is 11.6 Å². The molecule has 0 rings (SSSR count). The molecule has 0 fully saturated rings. The van der Waals surface area contributed by atoms with Gasteiger partial charge in [-0.05, 0) is 112 Å². The highest BCUT2D eigenvalue weighted by atomic mass is 16.5. The van der Waals surface area contributed by atoms with Crippen molar-refractivity contribution in [3.63, 3.8) is 0 Å². The minimum atomic E-state index is -0.800. The van der Waals surface area contributed by atoms with Gasteiger partial charge in [-0.15, -0.1) is 0 Å². The zero-order valence-electron chi connectivity index (χ0n) is 37.0. The SMILES string of the molecule is CCCCCCC(O)C/C=C\CCCCCCCC(=O)C(C)(C)OCCCOC(C)(C)C(=O)CCCCCCC/C=C\CC(CCCCCC)OC(C)C. The van der Waals surface area contributed by atoms with Gasteiger partial charge in [0, 0.05) is 12.8 Å². The molecule has 0 saturated carbocycles. The predicted octanol–water partition coefficient (Wildman–Crippen LogP) is 13.6. The minimum absolute atomic E-state index is 0.153. The van der Waals surface area contributed by atoms with Gasteiger partial charge >= 0.3 is 0 Å². The van der Waals surface area contributed by atoms with Gasteiger partial charge < -0.3 is 19.3 Å². The number of ether oxygens (including phenoxy) is 3. The summed E-state index contributed by atoms with van der Waals surface area (Å²) in [6, 6.07) is 0. The number of carbonyl (C=O) groups excluding carboxylic acids is 2. The summed E-state index contributed by atoms with van der Waals surface area (Å²) in [6.07, 6.45) is 38.2.